The Morgan fingerprint density at radius 1 is 1.16 bits per heavy atom. The van der Waals surface area contributed by atoms with E-state index in [-0.39, 0.29) is 12.1 Å². The Balaban J connectivity index is 2.10. The summed E-state index contributed by atoms with van der Waals surface area (Å²) in [5.74, 6) is -0.168. The average molecular weight is 328 g/mol. The Hall–Kier alpha value is -1.62. The average Bonchev–Trinajstić information content (AvgIpc) is 2.40. The molecule has 0 fully saturated rings. The minimum Gasteiger partial charge on any atom is -0.496 e. The molecule has 2 aromatic carbocycles. The summed E-state index contributed by atoms with van der Waals surface area (Å²) in [7, 11) is 1.58. The Kier molecular flexibility index (Phi) is 4.37. The van der Waals surface area contributed by atoms with Crippen molar-refractivity contribution in [3.8, 4) is 5.75 Å². The molecule has 0 aliphatic heterocycles. The summed E-state index contributed by atoms with van der Waals surface area (Å²) in [5, 5.41) is 3.03. The number of anilines is 1. The molecule has 2 rings (SSSR count). The molecule has 1 N–H and O–H groups in total. The maximum absolute atomic E-state index is 13.4. The van der Waals surface area contributed by atoms with Crippen LogP contribution in [0.1, 0.15) is 5.56 Å². The number of benzene rings is 2. The van der Waals surface area contributed by atoms with Gasteiger partial charge in [-0.3, -0.25) is 0 Å². The monoisotopic (exact) mass is 327 g/mol. The van der Waals surface area contributed by atoms with E-state index in [0.29, 0.717) is 5.75 Å². The topological polar surface area (TPSA) is 21.3 Å². The molecule has 5 heteroatoms. The van der Waals surface area contributed by atoms with Crippen LogP contribution in [0.3, 0.4) is 0 Å². The molecule has 0 spiro atoms. The van der Waals surface area contributed by atoms with Crippen LogP contribution in [0, 0.1) is 11.6 Å². The van der Waals surface area contributed by atoms with Crippen molar-refractivity contribution in [2.45, 2.75) is 6.54 Å². The molecule has 100 valence electrons. The molecule has 2 aromatic rings. The highest BCUT2D eigenvalue weighted by Gasteiger charge is 2.05. The number of halogens is 3. The quantitative estimate of drug-likeness (QED) is 0.901. The molecular weight excluding hydrogens is 316 g/mol. The van der Waals surface area contributed by atoms with Crippen molar-refractivity contribution < 1.29 is 13.5 Å². The van der Waals surface area contributed by atoms with E-state index in [0.717, 1.165) is 22.3 Å². The molecule has 0 unspecified atom stereocenters. The fourth-order valence-corrected chi connectivity index (χ4v) is 2.19. The van der Waals surface area contributed by atoms with E-state index >= 15 is 0 Å². The van der Waals surface area contributed by atoms with Crippen molar-refractivity contribution in [1.29, 1.82) is 0 Å². The molecular formula is C14H12BrF2NO. The second-order valence-corrected chi connectivity index (χ2v) is 4.79. The second kappa shape index (κ2) is 6.02. The maximum atomic E-state index is 13.4. The van der Waals surface area contributed by atoms with Gasteiger partial charge in [0.25, 0.3) is 0 Å². The van der Waals surface area contributed by atoms with E-state index in [1.807, 2.05) is 6.07 Å². The lowest BCUT2D eigenvalue weighted by Gasteiger charge is -2.10. The van der Waals surface area contributed by atoms with Crippen molar-refractivity contribution >= 4 is 21.6 Å². The molecule has 0 amide bonds. The van der Waals surface area contributed by atoms with E-state index in [2.05, 4.69) is 21.2 Å². The zero-order valence-electron chi connectivity index (χ0n) is 10.2. The Labute approximate surface area is 118 Å². The number of hydrogen-bond acceptors (Lipinski definition) is 2. The summed E-state index contributed by atoms with van der Waals surface area (Å²) in [6, 6.07) is 8.81. The minimum absolute atomic E-state index is 0.211. The first-order chi connectivity index (χ1) is 9.10. The van der Waals surface area contributed by atoms with Crippen molar-refractivity contribution in [3.05, 3.63) is 58.1 Å². The SMILES string of the molecule is COc1ccc(NCc2cc(F)ccc2F)cc1Br. The third kappa shape index (κ3) is 3.44. The van der Waals surface area contributed by atoms with Gasteiger partial charge in [0.15, 0.2) is 0 Å². The normalized spacial score (nSPS) is 10.3. The zero-order chi connectivity index (χ0) is 13.8. The van der Waals surface area contributed by atoms with Crippen molar-refractivity contribution in [2.75, 3.05) is 12.4 Å². The van der Waals surface area contributed by atoms with Gasteiger partial charge in [-0.05, 0) is 52.3 Å². The van der Waals surface area contributed by atoms with E-state index in [1.54, 1.807) is 19.2 Å². The molecule has 0 heterocycles. The van der Waals surface area contributed by atoms with Crippen LogP contribution < -0.4 is 10.1 Å². The number of ether oxygens (including phenoxy) is 1. The van der Waals surface area contributed by atoms with Crippen LogP contribution >= 0.6 is 15.9 Å². The maximum Gasteiger partial charge on any atom is 0.133 e. The highest BCUT2D eigenvalue weighted by Crippen LogP contribution is 2.28. The third-order valence-corrected chi connectivity index (χ3v) is 3.26. The first-order valence-corrected chi connectivity index (χ1v) is 6.41. The van der Waals surface area contributed by atoms with Gasteiger partial charge in [-0.1, -0.05) is 0 Å². The molecule has 0 bridgehead atoms. The Morgan fingerprint density at radius 2 is 1.95 bits per heavy atom. The molecule has 0 aliphatic carbocycles. The van der Waals surface area contributed by atoms with Crippen LogP contribution in [0.15, 0.2) is 40.9 Å². The number of methoxy groups -OCH3 is 1. The summed E-state index contributed by atoms with van der Waals surface area (Å²) < 4.78 is 32.4. The largest absolute Gasteiger partial charge is 0.496 e. The molecule has 0 atom stereocenters. The predicted octanol–water partition coefficient (Wildman–Crippen LogP) is 4.35. The fraction of sp³-hybridized carbons (Fsp3) is 0.143. The van der Waals surface area contributed by atoms with E-state index in [9.17, 15) is 8.78 Å². The van der Waals surface area contributed by atoms with Crippen LogP contribution in [-0.4, -0.2) is 7.11 Å². The lowest BCUT2D eigenvalue weighted by molar-refractivity contribution is 0.412. The van der Waals surface area contributed by atoms with Crippen LogP contribution in [0.4, 0.5) is 14.5 Å². The van der Waals surface area contributed by atoms with Gasteiger partial charge < -0.3 is 10.1 Å². The summed E-state index contributed by atoms with van der Waals surface area (Å²) in [5.41, 5.74) is 1.07. The van der Waals surface area contributed by atoms with Crippen molar-refractivity contribution in [1.82, 2.24) is 0 Å². The van der Waals surface area contributed by atoms with Gasteiger partial charge in [0.2, 0.25) is 0 Å². The van der Waals surface area contributed by atoms with Gasteiger partial charge >= 0.3 is 0 Å². The highest BCUT2D eigenvalue weighted by atomic mass is 79.9. The standard InChI is InChI=1S/C14H12BrF2NO/c1-19-14-5-3-11(7-12(14)15)18-8-9-6-10(16)2-4-13(9)17/h2-7,18H,8H2,1H3. The molecule has 0 saturated heterocycles. The smallest absolute Gasteiger partial charge is 0.133 e. The lowest BCUT2D eigenvalue weighted by Crippen LogP contribution is -2.02. The Bertz CT molecular complexity index is 590. The van der Waals surface area contributed by atoms with Gasteiger partial charge in [0, 0.05) is 17.8 Å². The molecule has 0 aromatic heterocycles. The van der Waals surface area contributed by atoms with Crippen LogP contribution in [0.25, 0.3) is 0 Å². The fourth-order valence-electron chi connectivity index (χ4n) is 1.65. The first-order valence-electron chi connectivity index (χ1n) is 5.61. The van der Waals surface area contributed by atoms with Crippen molar-refractivity contribution in [2.24, 2.45) is 0 Å². The zero-order valence-corrected chi connectivity index (χ0v) is 11.8. The molecule has 2 nitrogen and oxygen atoms in total. The number of hydrogen-bond donors (Lipinski definition) is 1. The Morgan fingerprint density at radius 3 is 2.63 bits per heavy atom. The van der Waals surface area contributed by atoms with Gasteiger partial charge in [-0.2, -0.15) is 0 Å². The van der Waals surface area contributed by atoms with Crippen LogP contribution in [0.2, 0.25) is 0 Å². The first kappa shape index (κ1) is 13.8. The number of nitrogens with one attached hydrogen (secondary N) is 1. The van der Waals surface area contributed by atoms with Gasteiger partial charge in [-0.15, -0.1) is 0 Å². The second-order valence-electron chi connectivity index (χ2n) is 3.94. The lowest BCUT2D eigenvalue weighted by atomic mass is 10.2. The third-order valence-electron chi connectivity index (χ3n) is 2.64. The molecule has 19 heavy (non-hydrogen) atoms. The summed E-state index contributed by atoms with van der Waals surface area (Å²) in [4.78, 5) is 0. The highest BCUT2D eigenvalue weighted by molar-refractivity contribution is 9.10. The van der Waals surface area contributed by atoms with E-state index in [4.69, 9.17) is 4.74 Å². The number of rotatable bonds is 4. The predicted molar refractivity (Wildman–Crippen MR) is 74.4 cm³/mol. The minimum atomic E-state index is -0.450. The van der Waals surface area contributed by atoms with Crippen LogP contribution in [-0.2, 0) is 6.54 Å². The molecule has 0 saturated carbocycles. The van der Waals surface area contributed by atoms with Gasteiger partial charge in [0.1, 0.15) is 17.4 Å². The van der Waals surface area contributed by atoms with Crippen LogP contribution in [0.5, 0.6) is 5.75 Å². The van der Waals surface area contributed by atoms with Gasteiger partial charge in [0.05, 0.1) is 11.6 Å². The van der Waals surface area contributed by atoms with Crippen molar-refractivity contribution in [3.63, 3.8) is 0 Å². The van der Waals surface area contributed by atoms with E-state index in [1.165, 1.54) is 6.07 Å². The summed E-state index contributed by atoms with van der Waals surface area (Å²) >= 11 is 3.36. The van der Waals surface area contributed by atoms with E-state index < -0.39 is 11.6 Å². The summed E-state index contributed by atoms with van der Waals surface area (Å²) in [6.45, 7) is 0.211. The molecule has 0 radical (unpaired) electrons. The molecule has 0 aliphatic rings. The van der Waals surface area contributed by atoms with Gasteiger partial charge in [-0.25, -0.2) is 8.78 Å². The summed E-state index contributed by atoms with van der Waals surface area (Å²) in [6.07, 6.45) is 0.